The molecule has 2 unspecified atom stereocenters. The van der Waals surface area contributed by atoms with Crippen LogP contribution in [0.3, 0.4) is 0 Å². The van der Waals surface area contributed by atoms with E-state index in [4.69, 9.17) is 16.0 Å². The van der Waals surface area contributed by atoms with Crippen molar-refractivity contribution in [2.24, 2.45) is 5.92 Å². The van der Waals surface area contributed by atoms with Crippen LogP contribution in [0.5, 0.6) is 0 Å². The lowest BCUT2D eigenvalue weighted by Gasteiger charge is -2.31. The second-order valence-corrected chi connectivity index (χ2v) is 6.08. The number of halogens is 1. The van der Waals surface area contributed by atoms with Crippen LogP contribution in [0.15, 0.2) is 16.5 Å². The average molecular weight is 299 g/mol. The second kappa shape index (κ2) is 7.14. The lowest BCUT2D eigenvalue weighted by molar-refractivity contribution is 0.0904. The van der Waals surface area contributed by atoms with Gasteiger partial charge in [-0.2, -0.15) is 0 Å². The molecule has 5 heteroatoms. The molecule has 1 aliphatic rings. The van der Waals surface area contributed by atoms with E-state index in [1.54, 1.807) is 12.1 Å². The Morgan fingerprint density at radius 2 is 2.40 bits per heavy atom. The molecular formula is C15H23ClN2O2. The van der Waals surface area contributed by atoms with Gasteiger partial charge in [-0.15, -0.1) is 11.6 Å². The molecule has 0 bridgehead atoms. The highest BCUT2D eigenvalue weighted by atomic mass is 35.5. The van der Waals surface area contributed by atoms with Crippen molar-refractivity contribution in [3.63, 3.8) is 0 Å². The Balaban J connectivity index is 1.82. The van der Waals surface area contributed by atoms with Crippen molar-refractivity contribution in [1.29, 1.82) is 0 Å². The summed E-state index contributed by atoms with van der Waals surface area (Å²) in [6, 6.07) is 3.44. The maximum atomic E-state index is 12.0. The normalized spacial score (nSPS) is 21.6. The van der Waals surface area contributed by atoms with Crippen LogP contribution in [-0.4, -0.2) is 37.0 Å². The van der Waals surface area contributed by atoms with Gasteiger partial charge in [-0.1, -0.05) is 6.92 Å². The maximum absolute atomic E-state index is 12.0. The fourth-order valence-electron chi connectivity index (χ4n) is 2.62. The molecule has 1 N–H and O–H groups in total. The van der Waals surface area contributed by atoms with Crippen LogP contribution in [0, 0.1) is 5.92 Å². The second-order valence-electron chi connectivity index (χ2n) is 5.43. The van der Waals surface area contributed by atoms with E-state index < -0.39 is 0 Å². The number of likely N-dealkylation sites (tertiary alicyclic amines) is 1. The minimum Gasteiger partial charge on any atom is -0.454 e. The first kappa shape index (κ1) is 15.4. The standard InChI is InChI=1S/C15H23ClN2O2/c1-3-18-8-4-5-12(10-18)9-17-15(19)14-7-6-13(20-14)11(2)16/h6-7,11-12H,3-5,8-10H2,1-2H3,(H,17,19). The van der Waals surface area contributed by atoms with E-state index in [1.165, 1.54) is 19.4 Å². The molecule has 112 valence electrons. The first-order valence-corrected chi connectivity index (χ1v) is 7.78. The number of hydrogen-bond donors (Lipinski definition) is 1. The van der Waals surface area contributed by atoms with Crippen LogP contribution in [0.25, 0.3) is 0 Å². The molecule has 0 radical (unpaired) electrons. The van der Waals surface area contributed by atoms with Crippen molar-refractivity contribution in [2.45, 2.75) is 32.1 Å². The SMILES string of the molecule is CCN1CCCC(CNC(=O)c2ccc(C(C)Cl)o2)C1. The van der Waals surface area contributed by atoms with Crippen molar-refractivity contribution in [3.05, 3.63) is 23.7 Å². The molecule has 1 aliphatic heterocycles. The van der Waals surface area contributed by atoms with Gasteiger partial charge in [0, 0.05) is 13.1 Å². The van der Waals surface area contributed by atoms with Crippen molar-refractivity contribution in [3.8, 4) is 0 Å². The Labute approximate surface area is 125 Å². The van der Waals surface area contributed by atoms with Crippen LogP contribution < -0.4 is 5.32 Å². The first-order chi connectivity index (χ1) is 9.60. The number of nitrogens with one attached hydrogen (secondary N) is 1. The third kappa shape index (κ3) is 4.00. The smallest absolute Gasteiger partial charge is 0.287 e. The molecule has 1 aromatic rings. The Morgan fingerprint density at radius 3 is 3.05 bits per heavy atom. The molecular weight excluding hydrogens is 276 g/mol. The summed E-state index contributed by atoms with van der Waals surface area (Å²) >= 11 is 5.92. The minimum atomic E-state index is -0.215. The highest BCUT2D eigenvalue weighted by Gasteiger charge is 2.20. The fraction of sp³-hybridized carbons (Fsp3) is 0.667. The van der Waals surface area contributed by atoms with E-state index >= 15 is 0 Å². The zero-order chi connectivity index (χ0) is 14.5. The molecule has 1 saturated heterocycles. The highest BCUT2D eigenvalue weighted by molar-refractivity contribution is 6.20. The van der Waals surface area contributed by atoms with Gasteiger partial charge in [-0.25, -0.2) is 0 Å². The van der Waals surface area contributed by atoms with E-state index in [2.05, 4.69) is 17.1 Å². The molecule has 0 aromatic carbocycles. The number of alkyl halides is 1. The number of piperidine rings is 1. The van der Waals surface area contributed by atoms with Crippen molar-refractivity contribution >= 4 is 17.5 Å². The molecule has 2 rings (SSSR count). The number of amides is 1. The summed E-state index contributed by atoms with van der Waals surface area (Å²) in [5, 5.41) is 2.75. The van der Waals surface area contributed by atoms with E-state index in [0.29, 0.717) is 24.0 Å². The Hall–Kier alpha value is -1.00. The molecule has 0 spiro atoms. The summed E-state index contributed by atoms with van der Waals surface area (Å²) < 4.78 is 5.43. The van der Waals surface area contributed by atoms with E-state index in [0.717, 1.165) is 13.1 Å². The molecule has 1 amide bonds. The first-order valence-electron chi connectivity index (χ1n) is 7.34. The van der Waals surface area contributed by atoms with Gasteiger partial charge in [0.05, 0.1) is 5.38 Å². The van der Waals surface area contributed by atoms with Crippen molar-refractivity contribution < 1.29 is 9.21 Å². The topological polar surface area (TPSA) is 45.5 Å². The van der Waals surface area contributed by atoms with E-state index in [9.17, 15) is 4.79 Å². The number of carbonyl (C=O) groups is 1. The predicted molar refractivity (Wildman–Crippen MR) is 80.1 cm³/mol. The maximum Gasteiger partial charge on any atom is 0.287 e. The Kier molecular flexibility index (Phi) is 5.49. The average Bonchev–Trinajstić information content (AvgIpc) is 2.95. The van der Waals surface area contributed by atoms with Gasteiger partial charge in [-0.05, 0) is 50.9 Å². The number of hydrogen-bond acceptors (Lipinski definition) is 3. The van der Waals surface area contributed by atoms with Crippen molar-refractivity contribution in [2.75, 3.05) is 26.2 Å². The lowest BCUT2D eigenvalue weighted by Crippen LogP contribution is -2.40. The molecule has 0 saturated carbocycles. The number of rotatable bonds is 5. The van der Waals surface area contributed by atoms with Crippen molar-refractivity contribution in [1.82, 2.24) is 10.2 Å². The van der Waals surface area contributed by atoms with Gasteiger partial charge in [0.25, 0.3) is 5.91 Å². The summed E-state index contributed by atoms with van der Waals surface area (Å²) in [7, 11) is 0. The molecule has 4 nitrogen and oxygen atoms in total. The number of furan rings is 1. The number of carbonyl (C=O) groups excluding carboxylic acids is 1. The Bertz CT molecular complexity index is 445. The highest BCUT2D eigenvalue weighted by Crippen LogP contribution is 2.21. The molecule has 1 fully saturated rings. The largest absolute Gasteiger partial charge is 0.454 e. The van der Waals surface area contributed by atoms with Gasteiger partial charge >= 0.3 is 0 Å². The zero-order valence-electron chi connectivity index (χ0n) is 12.2. The van der Waals surface area contributed by atoms with Gasteiger partial charge in [0.1, 0.15) is 5.76 Å². The van der Waals surface area contributed by atoms with Gasteiger partial charge < -0.3 is 14.6 Å². The Morgan fingerprint density at radius 1 is 1.60 bits per heavy atom. The molecule has 0 aliphatic carbocycles. The summed E-state index contributed by atoms with van der Waals surface area (Å²) in [6.07, 6.45) is 2.39. The van der Waals surface area contributed by atoms with Gasteiger partial charge in [0.2, 0.25) is 0 Å². The van der Waals surface area contributed by atoms with E-state index in [1.807, 2.05) is 6.92 Å². The monoisotopic (exact) mass is 298 g/mol. The van der Waals surface area contributed by atoms with Crippen LogP contribution >= 0.6 is 11.6 Å². The quantitative estimate of drug-likeness (QED) is 0.850. The molecule has 2 heterocycles. The van der Waals surface area contributed by atoms with Crippen LogP contribution in [-0.2, 0) is 0 Å². The van der Waals surface area contributed by atoms with Crippen LogP contribution in [0.1, 0.15) is 48.4 Å². The van der Waals surface area contributed by atoms with E-state index in [-0.39, 0.29) is 11.3 Å². The van der Waals surface area contributed by atoms with Crippen LogP contribution in [0.2, 0.25) is 0 Å². The summed E-state index contributed by atoms with van der Waals surface area (Å²) in [4.78, 5) is 14.4. The van der Waals surface area contributed by atoms with Crippen LogP contribution in [0.4, 0.5) is 0 Å². The summed E-state index contributed by atoms with van der Waals surface area (Å²) in [6.45, 7) is 8.04. The summed E-state index contributed by atoms with van der Waals surface area (Å²) in [5.74, 6) is 1.36. The molecule has 2 atom stereocenters. The molecule has 1 aromatic heterocycles. The third-order valence-corrected chi connectivity index (χ3v) is 4.06. The lowest BCUT2D eigenvalue weighted by atomic mass is 9.98. The zero-order valence-corrected chi connectivity index (χ0v) is 12.9. The van der Waals surface area contributed by atoms with Gasteiger partial charge in [-0.3, -0.25) is 4.79 Å². The predicted octanol–water partition coefficient (Wildman–Crippen LogP) is 3.04. The minimum absolute atomic E-state index is 0.151. The number of nitrogens with zero attached hydrogens (tertiary/aromatic N) is 1. The van der Waals surface area contributed by atoms with Gasteiger partial charge in [0.15, 0.2) is 5.76 Å². The molecule has 20 heavy (non-hydrogen) atoms. The fourth-order valence-corrected chi connectivity index (χ4v) is 2.74. The summed E-state index contributed by atoms with van der Waals surface area (Å²) in [5.41, 5.74) is 0. The third-order valence-electron chi connectivity index (χ3n) is 3.84.